The molecule has 1 aromatic rings. The van der Waals surface area contributed by atoms with E-state index in [2.05, 4.69) is 4.98 Å². The summed E-state index contributed by atoms with van der Waals surface area (Å²) in [5.41, 5.74) is 1.12. The molecule has 1 aromatic heterocycles. The molecule has 0 spiro atoms. The zero-order chi connectivity index (χ0) is 11.5. The van der Waals surface area contributed by atoms with E-state index < -0.39 is 5.97 Å². The van der Waals surface area contributed by atoms with Crippen LogP contribution in [0.25, 0.3) is 0 Å². The van der Waals surface area contributed by atoms with Crippen LogP contribution in [0, 0.1) is 0 Å². The fourth-order valence-corrected chi connectivity index (χ4v) is 2.80. The molecule has 5 heteroatoms. The Morgan fingerprint density at radius 2 is 2.38 bits per heavy atom. The lowest BCUT2D eigenvalue weighted by molar-refractivity contribution is -0.136. The number of carboxylic acid groups (broad SMARTS) is 1. The van der Waals surface area contributed by atoms with Crippen LogP contribution in [-0.4, -0.2) is 23.2 Å². The molecule has 0 atom stereocenters. The maximum atomic E-state index is 10.6. The van der Waals surface area contributed by atoms with Crippen molar-refractivity contribution in [3.05, 3.63) is 15.6 Å². The van der Waals surface area contributed by atoms with Gasteiger partial charge >= 0.3 is 5.97 Å². The highest BCUT2D eigenvalue weighted by molar-refractivity contribution is 7.11. The molecule has 1 fully saturated rings. The first kappa shape index (κ1) is 11.5. The number of aromatic nitrogens is 1. The lowest BCUT2D eigenvalue weighted by Crippen LogP contribution is -1.98. The molecule has 1 aliphatic rings. The number of hydrogen-bond donors (Lipinski definition) is 1. The van der Waals surface area contributed by atoms with Crippen LogP contribution in [0.4, 0.5) is 0 Å². The standard InChI is InChI=1S/C11H15NO3S/c1-15-6-9-12-11(7-2-3-7)8(16-9)4-5-10(13)14/h7H,2-6H2,1H3,(H,13,14). The Kier molecular flexibility index (Phi) is 3.56. The number of nitrogens with zero attached hydrogens (tertiary/aromatic N) is 1. The van der Waals surface area contributed by atoms with Crippen molar-refractivity contribution in [3.8, 4) is 0 Å². The van der Waals surface area contributed by atoms with Crippen molar-refractivity contribution in [1.29, 1.82) is 0 Å². The van der Waals surface area contributed by atoms with Crippen LogP contribution in [0.3, 0.4) is 0 Å². The molecule has 0 bridgehead atoms. The normalized spacial score (nSPS) is 15.3. The average molecular weight is 241 g/mol. The van der Waals surface area contributed by atoms with E-state index in [1.807, 2.05) is 0 Å². The lowest BCUT2D eigenvalue weighted by Gasteiger charge is -1.97. The van der Waals surface area contributed by atoms with Gasteiger partial charge in [0.25, 0.3) is 0 Å². The van der Waals surface area contributed by atoms with Crippen molar-refractivity contribution >= 4 is 17.3 Å². The second-order valence-electron chi connectivity index (χ2n) is 4.02. The van der Waals surface area contributed by atoms with Gasteiger partial charge in [-0.05, 0) is 19.3 Å². The van der Waals surface area contributed by atoms with Crippen LogP contribution in [0.15, 0.2) is 0 Å². The summed E-state index contributed by atoms with van der Waals surface area (Å²) < 4.78 is 5.05. The molecule has 4 nitrogen and oxygen atoms in total. The third kappa shape index (κ3) is 2.80. The molecular weight excluding hydrogens is 226 g/mol. The smallest absolute Gasteiger partial charge is 0.303 e. The van der Waals surface area contributed by atoms with Gasteiger partial charge in [0, 0.05) is 17.9 Å². The van der Waals surface area contributed by atoms with Gasteiger partial charge in [-0.3, -0.25) is 4.79 Å². The van der Waals surface area contributed by atoms with E-state index in [0.717, 1.165) is 15.6 Å². The summed E-state index contributed by atoms with van der Waals surface area (Å²) in [6.07, 6.45) is 3.17. The molecule has 88 valence electrons. The molecule has 0 radical (unpaired) electrons. The van der Waals surface area contributed by atoms with E-state index in [9.17, 15) is 4.79 Å². The minimum absolute atomic E-state index is 0.189. The van der Waals surface area contributed by atoms with Gasteiger partial charge in [-0.2, -0.15) is 0 Å². The highest BCUT2D eigenvalue weighted by Gasteiger charge is 2.29. The predicted octanol–water partition coefficient (Wildman–Crippen LogP) is 2.18. The van der Waals surface area contributed by atoms with Crippen molar-refractivity contribution < 1.29 is 14.6 Å². The first-order valence-electron chi connectivity index (χ1n) is 5.40. The molecular formula is C11H15NO3S. The third-order valence-corrected chi connectivity index (χ3v) is 3.67. The van der Waals surface area contributed by atoms with Gasteiger partial charge in [0.1, 0.15) is 5.01 Å². The maximum Gasteiger partial charge on any atom is 0.303 e. The molecule has 1 N–H and O–H groups in total. The Morgan fingerprint density at radius 3 is 2.94 bits per heavy atom. The van der Waals surface area contributed by atoms with Crippen molar-refractivity contribution in [2.45, 2.75) is 38.2 Å². The zero-order valence-electron chi connectivity index (χ0n) is 9.23. The van der Waals surface area contributed by atoms with Gasteiger partial charge < -0.3 is 9.84 Å². The van der Waals surface area contributed by atoms with Crippen LogP contribution in [0.1, 0.15) is 40.8 Å². The summed E-state index contributed by atoms with van der Waals surface area (Å²) in [7, 11) is 1.65. The van der Waals surface area contributed by atoms with Gasteiger partial charge in [-0.25, -0.2) is 4.98 Å². The second kappa shape index (κ2) is 4.93. The van der Waals surface area contributed by atoms with Crippen molar-refractivity contribution in [3.63, 3.8) is 0 Å². The number of hydrogen-bond acceptors (Lipinski definition) is 4. The quantitative estimate of drug-likeness (QED) is 0.829. The number of aliphatic carboxylic acids is 1. The topological polar surface area (TPSA) is 59.4 Å². The number of thiazole rings is 1. The number of aryl methyl sites for hydroxylation is 1. The summed E-state index contributed by atoms with van der Waals surface area (Å²) in [6, 6.07) is 0. The first-order valence-corrected chi connectivity index (χ1v) is 6.21. The summed E-state index contributed by atoms with van der Waals surface area (Å²) in [5, 5.41) is 9.65. The van der Waals surface area contributed by atoms with Crippen LogP contribution in [0.2, 0.25) is 0 Å². The maximum absolute atomic E-state index is 10.6. The molecule has 1 aliphatic carbocycles. The number of methoxy groups -OCH3 is 1. The summed E-state index contributed by atoms with van der Waals surface area (Å²) in [6.45, 7) is 0.525. The van der Waals surface area contributed by atoms with E-state index in [4.69, 9.17) is 9.84 Å². The molecule has 16 heavy (non-hydrogen) atoms. The monoisotopic (exact) mass is 241 g/mol. The van der Waals surface area contributed by atoms with Crippen molar-refractivity contribution in [1.82, 2.24) is 4.98 Å². The SMILES string of the molecule is COCc1nc(C2CC2)c(CCC(=O)O)s1. The van der Waals surface area contributed by atoms with Gasteiger partial charge in [0.2, 0.25) is 0 Å². The Morgan fingerprint density at radius 1 is 1.62 bits per heavy atom. The predicted molar refractivity (Wildman–Crippen MR) is 60.8 cm³/mol. The highest BCUT2D eigenvalue weighted by atomic mass is 32.1. The molecule has 0 unspecified atom stereocenters. The summed E-state index contributed by atoms with van der Waals surface area (Å²) in [4.78, 5) is 16.2. The minimum Gasteiger partial charge on any atom is -0.481 e. The molecule has 0 amide bonds. The summed E-state index contributed by atoms with van der Waals surface area (Å²) >= 11 is 1.59. The highest BCUT2D eigenvalue weighted by Crippen LogP contribution is 2.43. The number of ether oxygens (including phenoxy) is 1. The first-order chi connectivity index (χ1) is 7.70. The van der Waals surface area contributed by atoms with Crippen LogP contribution < -0.4 is 0 Å². The van der Waals surface area contributed by atoms with Gasteiger partial charge in [0.15, 0.2) is 0 Å². The van der Waals surface area contributed by atoms with E-state index in [1.165, 1.54) is 12.8 Å². The molecule has 0 saturated heterocycles. The summed E-state index contributed by atoms with van der Waals surface area (Å²) in [5.74, 6) is -0.172. The number of carbonyl (C=O) groups is 1. The van der Waals surface area contributed by atoms with Gasteiger partial charge in [-0.15, -0.1) is 11.3 Å². The lowest BCUT2D eigenvalue weighted by atomic mass is 10.2. The van der Waals surface area contributed by atoms with Crippen LogP contribution in [-0.2, 0) is 22.6 Å². The van der Waals surface area contributed by atoms with Gasteiger partial charge in [0.05, 0.1) is 18.7 Å². The van der Waals surface area contributed by atoms with E-state index in [1.54, 1.807) is 18.4 Å². The molecule has 1 heterocycles. The minimum atomic E-state index is -0.747. The fraction of sp³-hybridized carbons (Fsp3) is 0.636. The number of carboxylic acids is 1. The Hall–Kier alpha value is -0.940. The second-order valence-corrected chi connectivity index (χ2v) is 5.19. The number of rotatable bonds is 6. The van der Waals surface area contributed by atoms with E-state index >= 15 is 0 Å². The van der Waals surface area contributed by atoms with E-state index in [-0.39, 0.29) is 6.42 Å². The largest absolute Gasteiger partial charge is 0.481 e. The Bertz CT molecular complexity index is 385. The fourth-order valence-electron chi connectivity index (χ4n) is 1.67. The molecule has 0 aliphatic heterocycles. The Labute approximate surface area is 98.3 Å². The van der Waals surface area contributed by atoms with Gasteiger partial charge in [-0.1, -0.05) is 0 Å². The molecule has 2 rings (SSSR count). The average Bonchev–Trinajstić information content (AvgIpc) is 2.99. The van der Waals surface area contributed by atoms with Crippen LogP contribution >= 0.6 is 11.3 Å². The van der Waals surface area contributed by atoms with E-state index in [0.29, 0.717) is 18.9 Å². The molecule has 0 aromatic carbocycles. The zero-order valence-corrected chi connectivity index (χ0v) is 10.0. The third-order valence-electron chi connectivity index (χ3n) is 2.57. The van der Waals surface area contributed by atoms with Crippen molar-refractivity contribution in [2.75, 3.05) is 7.11 Å². The van der Waals surface area contributed by atoms with Crippen molar-refractivity contribution in [2.24, 2.45) is 0 Å². The molecule has 1 saturated carbocycles. The van der Waals surface area contributed by atoms with Crippen LogP contribution in [0.5, 0.6) is 0 Å². The Balaban J connectivity index is 2.10.